The van der Waals surface area contributed by atoms with Gasteiger partial charge in [0.05, 0.1) is 22.4 Å². The van der Waals surface area contributed by atoms with Crippen molar-refractivity contribution in [2.24, 2.45) is 5.73 Å². The van der Waals surface area contributed by atoms with Gasteiger partial charge in [-0.05, 0) is 47.0 Å². The molecule has 0 spiro atoms. The SMILES string of the molecule is CCn1ncc(Br)c1C(N)Cc1cc(F)cc(F)c1. The van der Waals surface area contributed by atoms with Crippen molar-refractivity contribution in [2.45, 2.75) is 25.9 Å². The minimum Gasteiger partial charge on any atom is -0.322 e. The Bertz CT molecular complexity index is 563. The third-order valence-electron chi connectivity index (χ3n) is 2.86. The largest absolute Gasteiger partial charge is 0.322 e. The van der Waals surface area contributed by atoms with Gasteiger partial charge in [0, 0.05) is 12.6 Å². The van der Waals surface area contributed by atoms with Gasteiger partial charge in [-0.25, -0.2) is 8.78 Å². The standard InChI is InChI=1S/C13H14BrF2N3/c1-2-19-13(11(14)7-18-19)12(17)5-8-3-9(15)6-10(16)4-8/h3-4,6-7,12H,2,5,17H2,1H3. The Hall–Kier alpha value is -1.27. The van der Waals surface area contributed by atoms with Crippen LogP contribution in [0.4, 0.5) is 8.78 Å². The Balaban J connectivity index is 2.25. The van der Waals surface area contributed by atoms with Crippen molar-refractivity contribution < 1.29 is 8.78 Å². The van der Waals surface area contributed by atoms with Crippen molar-refractivity contribution in [1.82, 2.24) is 9.78 Å². The normalized spacial score (nSPS) is 12.7. The number of rotatable bonds is 4. The summed E-state index contributed by atoms with van der Waals surface area (Å²) in [5.41, 5.74) is 7.47. The molecule has 0 radical (unpaired) electrons. The molecule has 1 heterocycles. The molecule has 2 rings (SSSR count). The van der Waals surface area contributed by atoms with Crippen LogP contribution in [0.2, 0.25) is 0 Å². The first-order valence-electron chi connectivity index (χ1n) is 5.93. The number of aromatic nitrogens is 2. The number of nitrogens with zero attached hydrogens (tertiary/aromatic N) is 2. The fraction of sp³-hybridized carbons (Fsp3) is 0.308. The summed E-state index contributed by atoms with van der Waals surface area (Å²) in [4.78, 5) is 0. The maximum absolute atomic E-state index is 13.1. The van der Waals surface area contributed by atoms with E-state index in [0.717, 1.165) is 16.2 Å². The van der Waals surface area contributed by atoms with E-state index >= 15 is 0 Å². The molecule has 0 bridgehead atoms. The summed E-state index contributed by atoms with van der Waals surface area (Å²) in [6.07, 6.45) is 2.02. The second-order valence-corrected chi connectivity index (χ2v) is 5.14. The average molecular weight is 330 g/mol. The lowest BCUT2D eigenvalue weighted by Crippen LogP contribution is -2.19. The van der Waals surface area contributed by atoms with Crippen molar-refractivity contribution in [3.63, 3.8) is 0 Å². The molecule has 102 valence electrons. The van der Waals surface area contributed by atoms with Crippen LogP contribution in [0.15, 0.2) is 28.9 Å². The first-order chi connectivity index (χ1) is 9.01. The minimum atomic E-state index is -0.592. The highest BCUT2D eigenvalue weighted by molar-refractivity contribution is 9.10. The van der Waals surface area contributed by atoms with Crippen LogP contribution in [0.5, 0.6) is 0 Å². The quantitative estimate of drug-likeness (QED) is 0.936. The molecule has 0 aliphatic carbocycles. The van der Waals surface area contributed by atoms with Gasteiger partial charge < -0.3 is 5.73 Å². The summed E-state index contributed by atoms with van der Waals surface area (Å²) < 4.78 is 28.8. The highest BCUT2D eigenvalue weighted by Gasteiger charge is 2.17. The smallest absolute Gasteiger partial charge is 0.126 e. The number of hydrogen-bond acceptors (Lipinski definition) is 2. The molecule has 1 atom stereocenters. The zero-order valence-electron chi connectivity index (χ0n) is 10.4. The van der Waals surface area contributed by atoms with Crippen LogP contribution in [0.1, 0.15) is 24.2 Å². The van der Waals surface area contributed by atoms with E-state index in [0.29, 0.717) is 18.5 Å². The summed E-state index contributed by atoms with van der Waals surface area (Å²) in [7, 11) is 0. The topological polar surface area (TPSA) is 43.8 Å². The molecule has 3 nitrogen and oxygen atoms in total. The maximum atomic E-state index is 13.1. The van der Waals surface area contributed by atoms with Gasteiger partial charge >= 0.3 is 0 Å². The number of hydrogen-bond donors (Lipinski definition) is 1. The van der Waals surface area contributed by atoms with Crippen LogP contribution in [-0.4, -0.2) is 9.78 Å². The Morgan fingerprint density at radius 1 is 1.32 bits per heavy atom. The molecule has 0 amide bonds. The highest BCUT2D eigenvalue weighted by Crippen LogP contribution is 2.25. The Morgan fingerprint density at radius 2 is 1.95 bits per heavy atom. The van der Waals surface area contributed by atoms with E-state index in [2.05, 4.69) is 21.0 Å². The van der Waals surface area contributed by atoms with Crippen LogP contribution in [0.3, 0.4) is 0 Å². The van der Waals surface area contributed by atoms with E-state index in [9.17, 15) is 8.78 Å². The monoisotopic (exact) mass is 329 g/mol. The molecular weight excluding hydrogens is 316 g/mol. The molecule has 0 saturated carbocycles. The van der Waals surface area contributed by atoms with Gasteiger partial charge in [0.2, 0.25) is 0 Å². The van der Waals surface area contributed by atoms with Crippen molar-refractivity contribution in [2.75, 3.05) is 0 Å². The zero-order valence-corrected chi connectivity index (χ0v) is 12.0. The predicted molar refractivity (Wildman–Crippen MR) is 72.6 cm³/mol. The van der Waals surface area contributed by atoms with E-state index in [-0.39, 0.29) is 6.04 Å². The summed E-state index contributed by atoms with van der Waals surface area (Å²) in [6, 6.07) is 3.06. The summed E-state index contributed by atoms with van der Waals surface area (Å²) >= 11 is 3.39. The van der Waals surface area contributed by atoms with Crippen molar-refractivity contribution in [3.8, 4) is 0 Å². The third kappa shape index (κ3) is 3.19. The van der Waals surface area contributed by atoms with Crippen molar-refractivity contribution >= 4 is 15.9 Å². The van der Waals surface area contributed by atoms with Gasteiger partial charge in [0.25, 0.3) is 0 Å². The molecule has 1 unspecified atom stereocenters. The molecule has 0 fully saturated rings. The summed E-state index contributed by atoms with van der Waals surface area (Å²) in [6.45, 7) is 2.64. The molecule has 6 heteroatoms. The van der Waals surface area contributed by atoms with Crippen LogP contribution in [-0.2, 0) is 13.0 Å². The number of aryl methyl sites for hydroxylation is 1. The van der Waals surface area contributed by atoms with Gasteiger partial charge in [0.15, 0.2) is 0 Å². The Labute approximate surface area is 118 Å². The Morgan fingerprint density at radius 3 is 2.53 bits per heavy atom. The molecular formula is C13H14BrF2N3. The van der Waals surface area contributed by atoms with Crippen LogP contribution >= 0.6 is 15.9 Å². The van der Waals surface area contributed by atoms with Crippen molar-refractivity contribution in [3.05, 3.63) is 51.8 Å². The molecule has 0 saturated heterocycles. The van der Waals surface area contributed by atoms with E-state index in [1.807, 2.05) is 6.92 Å². The molecule has 0 aliphatic heterocycles. The van der Waals surface area contributed by atoms with Gasteiger partial charge in [0.1, 0.15) is 11.6 Å². The van der Waals surface area contributed by atoms with Crippen LogP contribution < -0.4 is 5.73 Å². The average Bonchev–Trinajstić information content (AvgIpc) is 2.68. The number of halogens is 3. The molecule has 1 aromatic carbocycles. The van der Waals surface area contributed by atoms with Gasteiger partial charge in [-0.1, -0.05) is 0 Å². The molecule has 2 N–H and O–H groups in total. The van der Waals surface area contributed by atoms with E-state index < -0.39 is 11.6 Å². The van der Waals surface area contributed by atoms with Gasteiger partial charge in [-0.3, -0.25) is 4.68 Å². The fourth-order valence-electron chi connectivity index (χ4n) is 2.07. The van der Waals surface area contributed by atoms with Crippen LogP contribution in [0.25, 0.3) is 0 Å². The maximum Gasteiger partial charge on any atom is 0.126 e. The summed E-state index contributed by atoms with van der Waals surface area (Å²) in [5, 5.41) is 4.17. The molecule has 1 aromatic heterocycles. The second-order valence-electron chi connectivity index (χ2n) is 4.28. The molecule has 2 aromatic rings. The lowest BCUT2D eigenvalue weighted by molar-refractivity contribution is 0.556. The number of nitrogens with two attached hydrogens (primary N) is 1. The van der Waals surface area contributed by atoms with E-state index in [1.165, 1.54) is 12.1 Å². The lowest BCUT2D eigenvalue weighted by Gasteiger charge is -2.14. The van der Waals surface area contributed by atoms with Gasteiger partial charge in [-0.2, -0.15) is 5.10 Å². The predicted octanol–water partition coefficient (Wildman–Crippen LogP) is 3.19. The minimum absolute atomic E-state index is 0.346. The van der Waals surface area contributed by atoms with Crippen LogP contribution in [0, 0.1) is 11.6 Å². The molecule has 0 aliphatic rings. The molecule has 19 heavy (non-hydrogen) atoms. The fourth-order valence-corrected chi connectivity index (χ4v) is 2.66. The first-order valence-corrected chi connectivity index (χ1v) is 6.72. The lowest BCUT2D eigenvalue weighted by atomic mass is 10.0. The zero-order chi connectivity index (χ0) is 14.0. The Kier molecular flexibility index (Phi) is 4.31. The van der Waals surface area contributed by atoms with E-state index in [1.54, 1.807) is 10.9 Å². The second kappa shape index (κ2) is 5.79. The summed E-state index contributed by atoms with van der Waals surface area (Å²) in [5.74, 6) is -1.18. The highest BCUT2D eigenvalue weighted by atomic mass is 79.9. The van der Waals surface area contributed by atoms with Crippen molar-refractivity contribution in [1.29, 1.82) is 0 Å². The van der Waals surface area contributed by atoms with Gasteiger partial charge in [-0.15, -0.1) is 0 Å². The van der Waals surface area contributed by atoms with E-state index in [4.69, 9.17) is 5.73 Å². The third-order valence-corrected chi connectivity index (χ3v) is 3.47. The number of benzene rings is 1. The first kappa shape index (κ1) is 14.1.